The molecule has 0 amide bonds. The van der Waals surface area contributed by atoms with E-state index >= 15 is 0 Å². The minimum absolute atomic E-state index is 0.0598. The van der Waals surface area contributed by atoms with Gasteiger partial charge in [0.15, 0.2) is 0 Å². The quantitative estimate of drug-likeness (QED) is 0.278. The van der Waals surface area contributed by atoms with Crippen molar-refractivity contribution in [2.75, 3.05) is 37.4 Å². The molecule has 0 spiro atoms. The average molecular weight is 643 g/mol. The molecular formula is C24H28Cl2F3N5O4S2. The molecule has 2 aromatic heterocycles. The van der Waals surface area contributed by atoms with Crippen LogP contribution in [-0.4, -0.2) is 62.8 Å². The number of thiophene rings is 1. The van der Waals surface area contributed by atoms with Gasteiger partial charge in [-0.05, 0) is 55.7 Å². The molecule has 0 atom stereocenters. The third-order valence-electron chi connectivity index (χ3n) is 6.24. The van der Waals surface area contributed by atoms with Gasteiger partial charge in [0.25, 0.3) is 0 Å². The lowest BCUT2D eigenvalue weighted by atomic mass is 9.82. The van der Waals surface area contributed by atoms with E-state index in [1.165, 1.54) is 6.07 Å². The number of aromatic nitrogens is 2. The maximum absolute atomic E-state index is 12.5. The first kappa shape index (κ1) is 32.1. The SMILES string of the molecule is CN(C)c1nc(NCC2CCC(CNS(=O)(=O)c3cc(Cl)sc3Cl)CC2)nc2ccccc12.O=C(O)C(F)(F)F. The van der Waals surface area contributed by atoms with Crippen molar-refractivity contribution in [3.63, 3.8) is 0 Å². The standard InChI is InChI=1S/C22H27Cl2N5O2S2.C2HF3O2/c1-29(2)21-16-5-3-4-6-17(16)27-22(28-21)25-12-14-7-9-15(10-8-14)13-26-33(30,31)18-11-19(23)32-20(18)24;3-2(4,5)1(6)7/h3-6,11,14-15,26H,7-10,12-13H2,1-2H3,(H,25,27,28);(H,6,7). The number of para-hydroxylation sites is 1. The van der Waals surface area contributed by atoms with Gasteiger partial charge in [-0.25, -0.2) is 22.9 Å². The molecule has 1 saturated carbocycles. The normalized spacial score (nSPS) is 17.7. The zero-order valence-corrected chi connectivity index (χ0v) is 24.6. The van der Waals surface area contributed by atoms with E-state index in [2.05, 4.69) is 15.0 Å². The van der Waals surface area contributed by atoms with E-state index in [1.807, 2.05) is 43.3 Å². The van der Waals surface area contributed by atoms with Gasteiger partial charge in [0.2, 0.25) is 16.0 Å². The van der Waals surface area contributed by atoms with Crippen LogP contribution in [0.3, 0.4) is 0 Å². The van der Waals surface area contributed by atoms with E-state index in [0.29, 0.717) is 28.7 Å². The van der Waals surface area contributed by atoms with Crippen LogP contribution >= 0.6 is 34.5 Å². The summed E-state index contributed by atoms with van der Waals surface area (Å²) in [6.07, 6.45) is -1.10. The Morgan fingerprint density at radius 3 is 2.20 bits per heavy atom. The Morgan fingerprint density at radius 2 is 1.68 bits per heavy atom. The topological polar surface area (TPSA) is 125 Å². The first-order valence-electron chi connectivity index (χ1n) is 12.1. The van der Waals surface area contributed by atoms with Crippen LogP contribution in [-0.2, 0) is 14.8 Å². The molecular weight excluding hydrogens is 614 g/mol. The van der Waals surface area contributed by atoms with Crippen LogP contribution in [0.25, 0.3) is 10.9 Å². The summed E-state index contributed by atoms with van der Waals surface area (Å²) in [5.74, 6) is -0.417. The van der Waals surface area contributed by atoms with Crippen molar-refractivity contribution in [3.8, 4) is 0 Å². The number of carbonyl (C=O) groups is 1. The minimum Gasteiger partial charge on any atom is -0.475 e. The summed E-state index contributed by atoms with van der Waals surface area (Å²) in [5, 5.41) is 11.6. The number of rotatable bonds is 8. The van der Waals surface area contributed by atoms with Crippen LogP contribution in [0, 0.1) is 11.8 Å². The number of halogens is 5. The molecule has 0 radical (unpaired) electrons. The number of sulfonamides is 1. The monoisotopic (exact) mass is 641 g/mol. The van der Waals surface area contributed by atoms with Crippen molar-refractivity contribution >= 4 is 73.2 Å². The zero-order valence-electron chi connectivity index (χ0n) is 21.5. The fraction of sp³-hybridized carbons (Fsp3) is 0.458. The van der Waals surface area contributed by atoms with Gasteiger partial charge in [-0.2, -0.15) is 18.2 Å². The molecule has 2 heterocycles. The predicted molar refractivity (Wildman–Crippen MR) is 151 cm³/mol. The summed E-state index contributed by atoms with van der Waals surface area (Å²) in [4.78, 5) is 20.3. The fourth-order valence-corrected chi connectivity index (χ4v) is 7.43. The van der Waals surface area contributed by atoms with Crippen LogP contribution in [0.4, 0.5) is 24.9 Å². The average Bonchev–Trinajstić information content (AvgIpc) is 3.24. The number of fused-ring (bicyclic) bond motifs is 1. The van der Waals surface area contributed by atoms with E-state index in [9.17, 15) is 21.6 Å². The van der Waals surface area contributed by atoms with Crippen molar-refractivity contribution in [1.29, 1.82) is 0 Å². The molecule has 1 aliphatic carbocycles. The number of benzene rings is 1. The Morgan fingerprint density at radius 1 is 1.10 bits per heavy atom. The lowest BCUT2D eigenvalue weighted by molar-refractivity contribution is -0.192. The first-order valence-corrected chi connectivity index (χ1v) is 15.2. The molecule has 3 aromatic rings. The maximum atomic E-state index is 12.5. The molecule has 0 aliphatic heterocycles. The summed E-state index contributed by atoms with van der Waals surface area (Å²) < 4.78 is 60.0. The minimum atomic E-state index is -5.08. The molecule has 0 unspecified atom stereocenters. The van der Waals surface area contributed by atoms with Crippen molar-refractivity contribution < 1.29 is 31.5 Å². The van der Waals surface area contributed by atoms with E-state index in [-0.39, 0.29) is 9.23 Å². The van der Waals surface area contributed by atoms with E-state index in [4.69, 9.17) is 38.1 Å². The summed E-state index contributed by atoms with van der Waals surface area (Å²) in [7, 11) is 0.315. The highest BCUT2D eigenvalue weighted by Crippen LogP contribution is 2.35. The van der Waals surface area contributed by atoms with Gasteiger partial charge in [0.1, 0.15) is 15.0 Å². The molecule has 40 heavy (non-hydrogen) atoms. The molecule has 16 heteroatoms. The number of aliphatic carboxylic acids is 1. The smallest absolute Gasteiger partial charge is 0.475 e. The van der Waals surface area contributed by atoms with E-state index in [0.717, 1.165) is 60.3 Å². The molecule has 0 saturated heterocycles. The Hall–Kier alpha value is -2.39. The summed E-state index contributed by atoms with van der Waals surface area (Å²) in [6, 6.07) is 9.41. The number of hydrogen-bond donors (Lipinski definition) is 3. The summed E-state index contributed by atoms with van der Waals surface area (Å²) >= 11 is 13.0. The van der Waals surface area contributed by atoms with Crippen LogP contribution in [0.15, 0.2) is 35.2 Å². The van der Waals surface area contributed by atoms with Crippen LogP contribution in [0.5, 0.6) is 0 Å². The molecule has 9 nitrogen and oxygen atoms in total. The Balaban J connectivity index is 0.000000559. The molecule has 220 valence electrons. The molecule has 1 aromatic carbocycles. The second-order valence-electron chi connectivity index (χ2n) is 9.39. The third kappa shape index (κ3) is 8.80. The largest absolute Gasteiger partial charge is 0.490 e. The summed E-state index contributed by atoms with van der Waals surface area (Å²) in [5.41, 5.74) is 0.918. The van der Waals surface area contributed by atoms with E-state index < -0.39 is 22.2 Å². The molecule has 3 N–H and O–H groups in total. The van der Waals surface area contributed by atoms with Crippen molar-refractivity contribution in [2.24, 2.45) is 11.8 Å². The second-order valence-corrected chi connectivity index (χ2v) is 13.4. The Labute approximate surface area is 243 Å². The van der Waals surface area contributed by atoms with Gasteiger partial charge < -0.3 is 15.3 Å². The van der Waals surface area contributed by atoms with Crippen molar-refractivity contribution in [3.05, 3.63) is 39.0 Å². The number of carboxylic acids is 1. The number of nitrogens with zero attached hydrogens (tertiary/aromatic N) is 3. The fourth-order valence-electron chi connectivity index (χ4n) is 4.17. The number of nitrogens with one attached hydrogen (secondary N) is 2. The summed E-state index contributed by atoms with van der Waals surface area (Å²) in [6.45, 7) is 1.21. The number of anilines is 2. The number of hydrogen-bond acceptors (Lipinski definition) is 8. The molecule has 0 bridgehead atoms. The van der Waals surface area contributed by atoms with Crippen LogP contribution in [0.2, 0.25) is 8.67 Å². The maximum Gasteiger partial charge on any atom is 0.490 e. The van der Waals surface area contributed by atoms with E-state index in [1.54, 1.807) is 0 Å². The first-order chi connectivity index (χ1) is 18.7. The van der Waals surface area contributed by atoms with Crippen LogP contribution < -0.4 is 14.9 Å². The lowest BCUT2D eigenvalue weighted by Crippen LogP contribution is -2.32. The molecule has 1 aliphatic rings. The highest BCUT2D eigenvalue weighted by Gasteiger charge is 2.38. The zero-order chi connectivity index (χ0) is 29.7. The van der Waals surface area contributed by atoms with Gasteiger partial charge in [0, 0.05) is 32.6 Å². The molecule has 1 fully saturated rings. The van der Waals surface area contributed by atoms with Gasteiger partial charge >= 0.3 is 12.1 Å². The predicted octanol–water partition coefficient (Wildman–Crippen LogP) is 5.89. The third-order valence-corrected chi connectivity index (χ3v) is 9.42. The highest BCUT2D eigenvalue weighted by molar-refractivity contribution is 7.89. The van der Waals surface area contributed by atoms with Crippen molar-refractivity contribution in [1.82, 2.24) is 14.7 Å². The Bertz CT molecular complexity index is 1430. The second kappa shape index (κ2) is 13.5. The molecule has 4 rings (SSSR count). The van der Waals surface area contributed by atoms with Crippen molar-refractivity contribution in [2.45, 2.75) is 36.8 Å². The Kier molecular flexibility index (Phi) is 10.9. The van der Waals surface area contributed by atoms with Crippen LogP contribution in [0.1, 0.15) is 25.7 Å². The van der Waals surface area contributed by atoms with Gasteiger partial charge in [0.05, 0.1) is 9.85 Å². The number of carboxylic acid groups (broad SMARTS) is 1. The number of alkyl halides is 3. The highest BCUT2D eigenvalue weighted by atomic mass is 35.5. The lowest BCUT2D eigenvalue weighted by Gasteiger charge is -2.28. The van der Waals surface area contributed by atoms with Gasteiger partial charge in [-0.3, -0.25) is 0 Å². The van der Waals surface area contributed by atoms with Gasteiger partial charge in [-0.1, -0.05) is 35.3 Å². The van der Waals surface area contributed by atoms with Gasteiger partial charge in [-0.15, -0.1) is 11.3 Å².